The molecule has 0 radical (unpaired) electrons. The maximum atomic E-state index is 6.01. The van der Waals surface area contributed by atoms with Crippen LogP contribution in [-0.4, -0.2) is 43.0 Å². The molecule has 14 heavy (non-hydrogen) atoms. The van der Waals surface area contributed by atoms with E-state index in [1.54, 1.807) is 0 Å². The number of piperidine rings is 1. The second kappa shape index (κ2) is 3.47. The van der Waals surface area contributed by atoms with E-state index in [1.807, 2.05) is 0 Å². The van der Waals surface area contributed by atoms with Crippen LogP contribution >= 0.6 is 0 Å². The molecule has 1 unspecified atom stereocenters. The summed E-state index contributed by atoms with van der Waals surface area (Å²) in [7, 11) is 2.16. The van der Waals surface area contributed by atoms with Crippen LogP contribution in [0.2, 0.25) is 0 Å². The fourth-order valence-corrected chi connectivity index (χ4v) is 2.49. The highest BCUT2D eigenvalue weighted by atomic mass is 16.8. The van der Waals surface area contributed by atoms with Gasteiger partial charge in [-0.3, -0.25) is 0 Å². The van der Waals surface area contributed by atoms with Crippen molar-refractivity contribution in [1.82, 2.24) is 4.90 Å². The van der Waals surface area contributed by atoms with Crippen LogP contribution in [0.1, 0.15) is 27.2 Å². The standard InChI is InChI=1S/C11H21NO2/c1-8-7-12(4)6-5-11(8)13-9(2)10(3)14-11/h8-10H,5-7H2,1-4H3/t8?,9-,10-/m0/s1. The van der Waals surface area contributed by atoms with E-state index in [-0.39, 0.29) is 18.0 Å². The van der Waals surface area contributed by atoms with Gasteiger partial charge in [0.05, 0.1) is 12.2 Å². The Morgan fingerprint density at radius 2 is 1.71 bits per heavy atom. The van der Waals surface area contributed by atoms with Crippen molar-refractivity contribution in [2.75, 3.05) is 20.1 Å². The van der Waals surface area contributed by atoms with Crippen molar-refractivity contribution in [3.63, 3.8) is 0 Å². The molecule has 2 aliphatic rings. The number of nitrogens with zero attached hydrogens (tertiary/aromatic N) is 1. The summed E-state index contributed by atoms with van der Waals surface area (Å²) in [6, 6.07) is 0. The van der Waals surface area contributed by atoms with E-state index in [1.165, 1.54) is 0 Å². The van der Waals surface area contributed by atoms with Crippen molar-refractivity contribution < 1.29 is 9.47 Å². The third-order valence-electron chi connectivity index (χ3n) is 3.61. The normalized spacial score (nSPS) is 43.3. The van der Waals surface area contributed by atoms with Gasteiger partial charge in [-0.2, -0.15) is 0 Å². The molecule has 3 nitrogen and oxygen atoms in total. The molecule has 0 aliphatic carbocycles. The molecule has 0 aromatic heterocycles. The highest BCUT2D eigenvalue weighted by molar-refractivity contribution is 4.90. The van der Waals surface area contributed by atoms with Crippen LogP contribution in [0.5, 0.6) is 0 Å². The summed E-state index contributed by atoms with van der Waals surface area (Å²) in [5, 5.41) is 0. The Morgan fingerprint density at radius 1 is 1.14 bits per heavy atom. The summed E-state index contributed by atoms with van der Waals surface area (Å²) in [6.45, 7) is 8.57. The molecule has 1 spiro atoms. The second-order valence-corrected chi connectivity index (χ2v) is 4.87. The number of likely N-dealkylation sites (tertiary alicyclic amines) is 1. The van der Waals surface area contributed by atoms with E-state index in [0.717, 1.165) is 19.5 Å². The van der Waals surface area contributed by atoms with E-state index in [9.17, 15) is 0 Å². The third kappa shape index (κ3) is 1.58. The van der Waals surface area contributed by atoms with E-state index in [0.29, 0.717) is 5.92 Å². The molecule has 0 bridgehead atoms. The van der Waals surface area contributed by atoms with E-state index in [4.69, 9.17) is 9.47 Å². The fourth-order valence-electron chi connectivity index (χ4n) is 2.49. The summed E-state index contributed by atoms with van der Waals surface area (Å²) in [5.41, 5.74) is 0. The zero-order valence-electron chi connectivity index (χ0n) is 9.62. The summed E-state index contributed by atoms with van der Waals surface area (Å²) in [6.07, 6.45) is 1.47. The summed E-state index contributed by atoms with van der Waals surface area (Å²) < 4.78 is 12.0. The predicted molar refractivity (Wildman–Crippen MR) is 55.1 cm³/mol. The SMILES string of the molecule is CC1CN(C)CCC12O[C@@H](C)[C@H](C)O2. The van der Waals surface area contributed by atoms with Gasteiger partial charge < -0.3 is 14.4 Å². The molecule has 0 aromatic carbocycles. The maximum Gasteiger partial charge on any atom is 0.174 e. The van der Waals surface area contributed by atoms with Gasteiger partial charge in [0, 0.05) is 25.4 Å². The lowest BCUT2D eigenvalue weighted by Crippen LogP contribution is -2.50. The van der Waals surface area contributed by atoms with E-state index < -0.39 is 0 Å². The molecule has 3 atom stereocenters. The zero-order valence-corrected chi connectivity index (χ0v) is 9.62. The summed E-state index contributed by atoms with van der Waals surface area (Å²) >= 11 is 0. The molecule has 2 heterocycles. The lowest BCUT2D eigenvalue weighted by atomic mass is 9.93. The van der Waals surface area contributed by atoms with Gasteiger partial charge in [0.15, 0.2) is 5.79 Å². The van der Waals surface area contributed by atoms with Gasteiger partial charge in [-0.1, -0.05) is 6.92 Å². The molecular formula is C11H21NO2. The lowest BCUT2D eigenvalue weighted by molar-refractivity contribution is -0.227. The van der Waals surface area contributed by atoms with Gasteiger partial charge in [-0.15, -0.1) is 0 Å². The second-order valence-electron chi connectivity index (χ2n) is 4.87. The lowest BCUT2D eigenvalue weighted by Gasteiger charge is -2.41. The Bertz CT molecular complexity index is 209. The summed E-state index contributed by atoms with van der Waals surface area (Å²) in [5.74, 6) is 0.180. The minimum atomic E-state index is -0.286. The molecule has 3 heteroatoms. The van der Waals surface area contributed by atoms with Crippen molar-refractivity contribution in [2.45, 2.75) is 45.2 Å². The van der Waals surface area contributed by atoms with Gasteiger partial charge in [-0.05, 0) is 20.9 Å². The number of hydrogen-bond acceptors (Lipinski definition) is 3. The Morgan fingerprint density at radius 3 is 2.21 bits per heavy atom. The number of rotatable bonds is 0. The van der Waals surface area contributed by atoms with Crippen molar-refractivity contribution in [2.24, 2.45) is 5.92 Å². The molecule has 2 saturated heterocycles. The van der Waals surface area contributed by atoms with Gasteiger partial charge in [-0.25, -0.2) is 0 Å². The van der Waals surface area contributed by atoms with Gasteiger partial charge >= 0.3 is 0 Å². The van der Waals surface area contributed by atoms with Crippen LogP contribution in [0.15, 0.2) is 0 Å². The van der Waals surface area contributed by atoms with Crippen LogP contribution in [0, 0.1) is 5.92 Å². The minimum Gasteiger partial charge on any atom is -0.344 e. The minimum absolute atomic E-state index is 0.237. The average Bonchev–Trinajstić information content (AvgIpc) is 2.39. The van der Waals surface area contributed by atoms with Crippen molar-refractivity contribution in [3.8, 4) is 0 Å². The van der Waals surface area contributed by atoms with Crippen LogP contribution in [0.4, 0.5) is 0 Å². The molecule has 0 saturated carbocycles. The summed E-state index contributed by atoms with van der Waals surface area (Å²) in [4.78, 5) is 2.34. The van der Waals surface area contributed by atoms with Crippen molar-refractivity contribution in [1.29, 1.82) is 0 Å². The number of hydrogen-bond donors (Lipinski definition) is 0. The Hall–Kier alpha value is -0.120. The maximum absolute atomic E-state index is 6.01. The van der Waals surface area contributed by atoms with E-state index in [2.05, 4.69) is 32.7 Å². The first kappa shape index (κ1) is 10.4. The highest BCUT2D eigenvalue weighted by Crippen LogP contribution is 2.40. The van der Waals surface area contributed by atoms with Gasteiger partial charge in [0.25, 0.3) is 0 Å². The van der Waals surface area contributed by atoms with Crippen molar-refractivity contribution in [3.05, 3.63) is 0 Å². The molecule has 0 aromatic rings. The van der Waals surface area contributed by atoms with Crippen LogP contribution in [-0.2, 0) is 9.47 Å². The van der Waals surface area contributed by atoms with Crippen LogP contribution in [0.25, 0.3) is 0 Å². The largest absolute Gasteiger partial charge is 0.344 e. The molecule has 2 fully saturated rings. The molecule has 82 valence electrons. The Kier molecular flexibility index (Phi) is 2.58. The molecule has 0 N–H and O–H groups in total. The zero-order chi connectivity index (χ0) is 10.3. The topological polar surface area (TPSA) is 21.7 Å². The molecule has 2 rings (SSSR count). The molecule has 0 amide bonds. The van der Waals surface area contributed by atoms with Crippen LogP contribution < -0.4 is 0 Å². The monoisotopic (exact) mass is 199 g/mol. The smallest absolute Gasteiger partial charge is 0.174 e. The van der Waals surface area contributed by atoms with Crippen molar-refractivity contribution >= 4 is 0 Å². The Balaban J connectivity index is 2.09. The Labute approximate surface area is 86.4 Å². The van der Waals surface area contributed by atoms with Gasteiger partial charge in [0.1, 0.15) is 0 Å². The third-order valence-corrected chi connectivity index (χ3v) is 3.61. The van der Waals surface area contributed by atoms with E-state index >= 15 is 0 Å². The number of ether oxygens (including phenoxy) is 2. The quantitative estimate of drug-likeness (QED) is 0.590. The highest BCUT2D eigenvalue weighted by Gasteiger charge is 2.49. The first-order chi connectivity index (χ1) is 6.53. The van der Waals surface area contributed by atoms with Gasteiger partial charge in [0.2, 0.25) is 0 Å². The predicted octanol–water partition coefficient (Wildman–Crippen LogP) is 1.48. The van der Waals surface area contributed by atoms with Crippen LogP contribution in [0.3, 0.4) is 0 Å². The first-order valence-corrected chi connectivity index (χ1v) is 5.58. The average molecular weight is 199 g/mol. The molecular weight excluding hydrogens is 178 g/mol. The first-order valence-electron chi connectivity index (χ1n) is 5.58. The molecule has 2 aliphatic heterocycles. The fraction of sp³-hybridized carbons (Fsp3) is 1.00.